The predicted molar refractivity (Wildman–Crippen MR) is 89.7 cm³/mol. The molecule has 3 rings (SSSR count). The molecule has 0 aliphatic carbocycles. The van der Waals surface area contributed by atoms with Gasteiger partial charge in [0, 0.05) is 30.3 Å². The lowest BCUT2D eigenvalue weighted by Crippen LogP contribution is -2.10. The maximum atomic E-state index is 12.3. The van der Waals surface area contributed by atoms with Crippen LogP contribution < -0.4 is 0 Å². The van der Waals surface area contributed by atoms with E-state index in [9.17, 15) is 9.90 Å². The zero-order valence-electron chi connectivity index (χ0n) is 13.2. The van der Waals surface area contributed by atoms with Gasteiger partial charge in [0.05, 0.1) is 18.9 Å². The standard InChI is InChI=1S/C19H20N2O2/c1-13(14-5-3-2-4-6-14)7-17(23)9-16-8-15-10-21-19(12-22)18(15)11-20-16/h2-6,8,11,13,22H,7,9-10,12H2,1H3/t13-/m0/s1. The molecule has 0 spiro atoms. The molecule has 1 aliphatic rings. The van der Waals surface area contributed by atoms with Gasteiger partial charge < -0.3 is 5.11 Å². The van der Waals surface area contributed by atoms with Gasteiger partial charge in [0.25, 0.3) is 0 Å². The molecule has 2 aromatic rings. The number of carbonyl (C=O) groups is 1. The Hall–Kier alpha value is -2.33. The minimum absolute atomic E-state index is 0.0679. The minimum Gasteiger partial charge on any atom is -0.390 e. The normalized spacial score (nSPS) is 14.3. The van der Waals surface area contributed by atoms with Crippen molar-refractivity contribution in [2.24, 2.45) is 4.99 Å². The second-order valence-electron chi connectivity index (χ2n) is 5.99. The molecular formula is C19H20N2O2. The lowest BCUT2D eigenvalue weighted by Gasteiger charge is -2.11. The molecule has 0 fully saturated rings. The van der Waals surface area contributed by atoms with Crippen molar-refractivity contribution in [3.05, 3.63) is 65.0 Å². The maximum absolute atomic E-state index is 12.3. The van der Waals surface area contributed by atoms with E-state index in [1.165, 1.54) is 5.56 Å². The Morgan fingerprint density at radius 3 is 2.83 bits per heavy atom. The lowest BCUT2D eigenvalue weighted by atomic mass is 9.94. The van der Waals surface area contributed by atoms with Crippen molar-refractivity contribution in [1.82, 2.24) is 4.98 Å². The van der Waals surface area contributed by atoms with Crippen molar-refractivity contribution >= 4 is 11.5 Å². The minimum atomic E-state index is -0.0679. The second-order valence-corrected chi connectivity index (χ2v) is 5.99. The number of carbonyl (C=O) groups excluding carboxylic acids is 1. The van der Waals surface area contributed by atoms with Gasteiger partial charge in [0.15, 0.2) is 0 Å². The van der Waals surface area contributed by atoms with Crippen LogP contribution in [0.5, 0.6) is 0 Å². The van der Waals surface area contributed by atoms with E-state index in [4.69, 9.17) is 0 Å². The largest absolute Gasteiger partial charge is 0.390 e. The number of rotatable bonds is 6. The van der Waals surface area contributed by atoms with Gasteiger partial charge in [-0.2, -0.15) is 0 Å². The van der Waals surface area contributed by atoms with Crippen LogP contribution in [0, 0.1) is 0 Å². The highest BCUT2D eigenvalue weighted by Gasteiger charge is 2.18. The van der Waals surface area contributed by atoms with Gasteiger partial charge >= 0.3 is 0 Å². The number of aliphatic hydroxyl groups excluding tert-OH is 1. The highest BCUT2D eigenvalue weighted by Crippen LogP contribution is 2.21. The van der Waals surface area contributed by atoms with Crippen molar-refractivity contribution in [3.63, 3.8) is 0 Å². The quantitative estimate of drug-likeness (QED) is 0.892. The summed E-state index contributed by atoms with van der Waals surface area (Å²) in [4.78, 5) is 20.9. The molecule has 4 heteroatoms. The molecule has 1 aromatic carbocycles. The molecule has 4 nitrogen and oxygen atoms in total. The third-order valence-corrected chi connectivity index (χ3v) is 4.23. The van der Waals surface area contributed by atoms with Crippen LogP contribution in [-0.2, 0) is 17.8 Å². The van der Waals surface area contributed by atoms with E-state index in [0.29, 0.717) is 25.1 Å². The number of hydrogen-bond donors (Lipinski definition) is 1. The number of pyridine rings is 1. The fourth-order valence-electron chi connectivity index (χ4n) is 2.95. The summed E-state index contributed by atoms with van der Waals surface area (Å²) >= 11 is 0. The van der Waals surface area contributed by atoms with E-state index >= 15 is 0 Å². The zero-order valence-corrected chi connectivity index (χ0v) is 13.2. The number of fused-ring (bicyclic) bond motifs is 1. The third kappa shape index (κ3) is 3.54. The van der Waals surface area contributed by atoms with Crippen molar-refractivity contribution in [2.45, 2.75) is 32.2 Å². The molecule has 2 heterocycles. The molecule has 0 saturated carbocycles. The smallest absolute Gasteiger partial charge is 0.139 e. The second kappa shape index (κ2) is 6.84. The number of aromatic nitrogens is 1. The Bertz CT molecular complexity index is 738. The van der Waals surface area contributed by atoms with Gasteiger partial charge in [-0.05, 0) is 23.1 Å². The highest BCUT2D eigenvalue weighted by molar-refractivity contribution is 6.04. The molecule has 1 atom stereocenters. The molecule has 1 aliphatic heterocycles. The van der Waals surface area contributed by atoms with Crippen LogP contribution in [0.15, 0.2) is 47.6 Å². The van der Waals surface area contributed by atoms with Gasteiger partial charge in [-0.15, -0.1) is 0 Å². The summed E-state index contributed by atoms with van der Waals surface area (Å²) in [6.07, 6.45) is 2.58. The number of benzene rings is 1. The number of nitrogens with zero attached hydrogens (tertiary/aromatic N) is 2. The first kappa shape index (κ1) is 15.6. The molecular weight excluding hydrogens is 288 g/mol. The summed E-state index contributed by atoms with van der Waals surface area (Å²) in [5.41, 5.74) is 4.60. The van der Waals surface area contributed by atoms with Crippen molar-refractivity contribution in [2.75, 3.05) is 6.61 Å². The van der Waals surface area contributed by atoms with E-state index in [2.05, 4.69) is 29.0 Å². The summed E-state index contributed by atoms with van der Waals surface area (Å²) < 4.78 is 0. The molecule has 0 saturated heterocycles. The average molecular weight is 308 g/mol. The van der Waals surface area contributed by atoms with Crippen LogP contribution in [0.2, 0.25) is 0 Å². The molecule has 0 amide bonds. The first-order chi connectivity index (χ1) is 11.2. The molecule has 0 unspecified atom stereocenters. The van der Waals surface area contributed by atoms with Gasteiger partial charge in [0.2, 0.25) is 0 Å². The highest BCUT2D eigenvalue weighted by atomic mass is 16.3. The van der Waals surface area contributed by atoms with Crippen molar-refractivity contribution in [3.8, 4) is 0 Å². The summed E-state index contributed by atoms with van der Waals surface area (Å²) in [6.45, 7) is 2.57. The van der Waals surface area contributed by atoms with Gasteiger partial charge in [-0.25, -0.2) is 0 Å². The Balaban J connectivity index is 1.63. The van der Waals surface area contributed by atoms with Crippen molar-refractivity contribution < 1.29 is 9.90 Å². The number of hydrogen-bond acceptors (Lipinski definition) is 4. The zero-order chi connectivity index (χ0) is 16.2. The monoisotopic (exact) mass is 308 g/mol. The first-order valence-electron chi connectivity index (χ1n) is 7.86. The van der Waals surface area contributed by atoms with E-state index in [-0.39, 0.29) is 18.3 Å². The molecule has 1 N–H and O–H groups in total. The predicted octanol–water partition coefficient (Wildman–Crippen LogP) is 2.68. The summed E-state index contributed by atoms with van der Waals surface area (Å²) in [6, 6.07) is 12.0. The molecule has 23 heavy (non-hydrogen) atoms. The van der Waals surface area contributed by atoms with E-state index < -0.39 is 0 Å². The van der Waals surface area contributed by atoms with E-state index in [1.807, 2.05) is 24.3 Å². The summed E-state index contributed by atoms with van der Waals surface area (Å²) in [7, 11) is 0. The Labute approximate surface area is 135 Å². The fourth-order valence-corrected chi connectivity index (χ4v) is 2.95. The van der Waals surface area contributed by atoms with Crippen molar-refractivity contribution in [1.29, 1.82) is 0 Å². The number of aliphatic hydroxyl groups is 1. The van der Waals surface area contributed by atoms with Crippen LogP contribution in [0.4, 0.5) is 0 Å². The molecule has 1 aromatic heterocycles. The van der Waals surface area contributed by atoms with Crippen LogP contribution in [0.3, 0.4) is 0 Å². The van der Waals surface area contributed by atoms with Crippen LogP contribution in [0.1, 0.15) is 41.6 Å². The molecule has 0 bridgehead atoms. The molecule has 118 valence electrons. The van der Waals surface area contributed by atoms with Crippen LogP contribution in [0.25, 0.3) is 0 Å². The van der Waals surface area contributed by atoms with Gasteiger partial charge in [-0.3, -0.25) is 14.8 Å². The lowest BCUT2D eigenvalue weighted by molar-refractivity contribution is -0.118. The van der Waals surface area contributed by atoms with Crippen LogP contribution >= 0.6 is 0 Å². The number of ketones is 1. The first-order valence-corrected chi connectivity index (χ1v) is 7.86. The van der Waals surface area contributed by atoms with Crippen LogP contribution in [-0.4, -0.2) is 28.2 Å². The Morgan fingerprint density at radius 1 is 1.30 bits per heavy atom. The van der Waals surface area contributed by atoms with E-state index in [0.717, 1.165) is 16.8 Å². The van der Waals surface area contributed by atoms with E-state index in [1.54, 1.807) is 6.20 Å². The maximum Gasteiger partial charge on any atom is 0.139 e. The van der Waals surface area contributed by atoms with Gasteiger partial charge in [0.1, 0.15) is 5.78 Å². The SMILES string of the molecule is C[C@@H](CC(=O)Cc1cc2c(cn1)C(CO)=NC2)c1ccccc1. The number of aliphatic imine (C=N–C) groups is 1. The summed E-state index contributed by atoms with van der Waals surface area (Å²) in [5, 5.41) is 9.22. The van der Waals surface area contributed by atoms with Gasteiger partial charge in [-0.1, -0.05) is 37.3 Å². The average Bonchev–Trinajstić information content (AvgIpc) is 2.97. The molecule has 0 radical (unpaired) electrons. The summed E-state index contributed by atoms with van der Waals surface area (Å²) in [5.74, 6) is 0.401. The topological polar surface area (TPSA) is 62.5 Å². The third-order valence-electron chi connectivity index (χ3n) is 4.23. The number of Topliss-reactive ketones (excluding diaryl/α,β-unsaturated/α-hetero) is 1. The Kier molecular flexibility index (Phi) is 4.63. The Morgan fingerprint density at radius 2 is 2.09 bits per heavy atom. The fraction of sp³-hybridized carbons (Fsp3) is 0.316.